The van der Waals surface area contributed by atoms with E-state index in [1.54, 1.807) is 0 Å². The lowest BCUT2D eigenvalue weighted by atomic mass is 9.33. The zero-order valence-corrected chi connectivity index (χ0v) is 55.9. The Balaban J connectivity index is 1.13. The molecular formula is C87H83BN4. The molecular weight excluding hydrogens is 1110 g/mol. The minimum absolute atomic E-state index is 0.134. The van der Waals surface area contributed by atoms with Gasteiger partial charge in [0.05, 0.1) is 34.8 Å². The monoisotopic (exact) mass is 1200 g/mol. The van der Waals surface area contributed by atoms with Crippen LogP contribution in [-0.2, 0) is 27.1 Å². The van der Waals surface area contributed by atoms with Gasteiger partial charge in [0.25, 0.3) is 6.71 Å². The van der Waals surface area contributed by atoms with Crippen molar-refractivity contribution < 1.29 is 6.85 Å². The predicted octanol–water partition coefficient (Wildman–Crippen LogP) is 21.9. The summed E-state index contributed by atoms with van der Waals surface area (Å²) in [4.78, 5) is 4.78. The number of aromatic nitrogens is 1. The molecule has 4 nitrogen and oxygen atoms in total. The Morgan fingerprint density at radius 1 is 0.348 bits per heavy atom. The van der Waals surface area contributed by atoms with Crippen molar-refractivity contribution in [1.29, 1.82) is 5.26 Å². The van der Waals surface area contributed by atoms with Crippen molar-refractivity contribution in [3.05, 3.63) is 264 Å². The first-order chi connectivity index (χ1) is 45.8. The Bertz CT molecular complexity index is 5140. The number of benzene rings is 11. The summed E-state index contributed by atoms with van der Waals surface area (Å²) in [7, 11) is 0. The van der Waals surface area contributed by atoms with E-state index in [0.717, 1.165) is 117 Å². The van der Waals surface area contributed by atoms with E-state index >= 15 is 0 Å². The quantitative estimate of drug-likeness (QED) is 0.149. The van der Waals surface area contributed by atoms with Crippen molar-refractivity contribution in [1.82, 2.24) is 4.57 Å². The fourth-order valence-electron chi connectivity index (χ4n) is 13.9. The second kappa shape index (κ2) is 21.8. The van der Waals surface area contributed by atoms with Crippen LogP contribution in [0.15, 0.2) is 230 Å². The van der Waals surface area contributed by atoms with Crippen LogP contribution in [0, 0.1) is 11.3 Å². The SMILES string of the molecule is [2H]c1c([2H])c([2H])c(-c2ccc3c(c2)N(c2ccc(-c4ccccc4)cc2-c2ccccc2)c2cc(C(C)(C)C)cc4c2B3c2ccc(-c3cc(C(C)(C)C)cc(C(C)(C)C)c3)cc2N4c2cc(-n3c4cc(C(C)(C)C)ccc4c4ccc(C(C)(C)C)cc43)ccc2C#N)c([2H])c1[2H]. The fraction of sp³-hybridized carbons (Fsp3) is 0.230. The standard InChI is InChI=1S/C87H83BN4/c1-83(2,3)63-35-38-69-70-39-36-64(84(4,5)6)50-77(70)90(76(69)49-63)68-37-31-61(54-89)75(53-68)92-79-47-60(62-43-65(85(7,8)9)48-66(44-62)86(10,11)12)33-41-73(79)88-72-40-32-59(56-27-21-17-22-28-56)46-78(72)91(80-51-67(87(13,14)15)52-81(92)82(80)88)74-42-34-58(55-25-19-16-20-26-55)45-71(74)57-29-23-18-24-30-57/h16-53H,1-15H3/i17D,21D,22D,27D,28D. The molecule has 2 aliphatic heterocycles. The molecule has 11 aromatic carbocycles. The first kappa shape index (κ1) is 54.1. The molecule has 0 aliphatic carbocycles. The summed E-state index contributed by atoms with van der Waals surface area (Å²) in [5.41, 5.74) is 23.8. The molecule has 0 atom stereocenters. The molecule has 0 N–H and O–H groups in total. The summed E-state index contributed by atoms with van der Waals surface area (Å²) in [5.74, 6) is 0. The number of hydrogen-bond donors (Lipinski definition) is 0. The van der Waals surface area contributed by atoms with Gasteiger partial charge in [0.15, 0.2) is 0 Å². The van der Waals surface area contributed by atoms with Crippen molar-refractivity contribution in [3.63, 3.8) is 0 Å². The average Bonchev–Trinajstić information content (AvgIpc) is 1.06. The summed E-state index contributed by atoms with van der Waals surface area (Å²) in [6.45, 7) is 33.7. The molecule has 3 heterocycles. The lowest BCUT2D eigenvalue weighted by Crippen LogP contribution is -2.61. The highest BCUT2D eigenvalue weighted by Crippen LogP contribution is 2.51. The molecule has 0 saturated carbocycles. The number of hydrogen-bond acceptors (Lipinski definition) is 3. The van der Waals surface area contributed by atoms with Crippen LogP contribution in [0.25, 0.3) is 72.0 Å². The molecule has 2 aliphatic rings. The minimum Gasteiger partial charge on any atom is -0.311 e. The summed E-state index contributed by atoms with van der Waals surface area (Å²) in [6.07, 6.45) is 0. The number of rotatable bonds is 7. The van der Waals surface area contributed by atoms with E-state index < -0.39 is 18.2 Å². The molecule has 0 fully saturated rings. The predicted molar refractivity (Wildman–Crippen MR) is 395 cm³/mol. The number of nitrogens with zero attached hydrogens (tertiary/aromatic N) is 4. The largest absolute Gasteiger partial charge is 0.311 e. The van der Waals surface area contributed by atoms with Gasteiger partial charge in [-0.1, -0.05) is 268 Å². The van der Waals surface area contributed by atoms with E-state index in [9.17, 15) is 8.00 Å². The molecule has 454 valence electrons. The Labute approximate surface area is 553 Å². The second-order valence-corrected chi connectivity index (χ2v) is 30.7. The molecule has 0 bridgehead atoms. The highest BCUT2D eigenvalue weighted by atomic mass is 15.2. The van der Waals surface area contributed by atoms with Crippen molar-refractivity contribution in [2.24, 2.45) is 0 Å². The maximum absolute atomic E-state index is 11.9. The lowest BCUT2D eigenvalue weighted by molar-refractivity contribution is 0.569. The molecule has 14 rings (SSSR count). The number of nitriles is 1. The van der Waals surface area contributed by atoms with Gasteiger partial charge in [-0.15, -0.1) is 0 Å². The number of anilines is 6. The Morgan fingerprint density at radius 2 is 0.815 bits per heavy atom. The van der Waals surface area contributed by atoms with Crippen LogP contribution in [0.1, 0.15) is 144 Å². The normalized spacial score (nSPS) is 14.1. The van der Waals surface area contributed by atoms with Gasteiger partial charge in [0.1, 0.15) is 6.07 Å². The van der Waals surface area contributed by atoms with Gasteiger partial charge in [-0.2, -0.15) is 5.26 Å². The van der Waals surface area contributed by atoms with E-state index in [1.165, 1.54) is 22.3 Å². The minimum atomic E-state index is -0.437. The Kier molecular flexibility index (Phi) is 12.8. The van der Waals surface area contributed by atoms with Gasteiger partial charge in [0.2, 0.25) is 0 Å². The average molecular weight is 1200 g/mol. The molecule has 92 heavy (non-hydrogen) atoms. The maximum Gasteiger partial charge on any atom is 0.252 e. The number of fused-ring (bicyclic) bond motifs is 7. The molecule has 0 radical (unpaired) electrons. The maximum atomic E-state index is 11.9. The summed E-state index contributed by atoms with van der Waals surface area (Å²) < 4.78 is 47.8. The van der Waals surface area contributed by atoms with Gasteiger partial charge in [0, 0.05) is 44.8 Å². The molecule has 0 unspecified atom stereocenters. The van der Waals surface area contributed by atoms with E-state index in [2.05, 4.69) is 300 Å². The van der Waals surface area contributed by atoms with E-state index in [0.29, 0.717) is 11.1 Å². The van der Waals surface area contributed by atoms with Crippen molar-refractivity contribution in [3.8, 4) is 56.3 Å². The highest BCUT2D eigenvalue weighted by molar-refractivity contribution is 7.00. The smallest absolute Gasteiger partial charge is 0.252 e. The second-order valence-electron chi connectivity index (χ2n) is 30.7. The molecule has 0 spiro atoms. The third kappa shape index (κ3) is 10.4. The van der Waals surface area contributed by atoms with Crippen LogP contribution in [-0.4, -0.2) is 11.3 Å². The highest BCUT2D eigenvalue weighted by Gasteiger charge is 2.45. The van der Waals surface area contributed by atoms with Gasteiger partial charge in [-0.3, -0.25) is 0 Å². The van der Waals surface area contributed by atoms with E-state index in [-0.39, 0.29) is 51.4 Å². The van der Waals surface area contributed by atoms with Crippen LogP contribution in [0.3, 0.4) is 0 Å². The van der Waals surface area contributed by atoms with Crippen LogP contribution >= 0.6 is 0 Å². The summed E-state index contributed by atoms with van der Waals surface area (Å²) in [6, 6.07) is 73.8. The topological polar surface area (TPSA) is 35.2 Å². The van der Waals surface area contributed by atoms with Gasteiger partial charge in [-0.05, 0) is 177 Å². The van der Waals surface area contributed by atoms with Crippen molar-refractivity contribution >= 4 is 79.0 Å². The molecule has 12 aromatic rings. The molecule has 0 saturated heterocycles. The zero-order valence-electron chi connectivity index (χ0n) is 60.9. The first-order valence-electron chi connectivity index (χ1n) is 35.0. The fourth-order valence-corrected chi connectivity index (χ4v) is 13.9. The van der Waals surface area contributed by atoms with Crippen molar-refractivity contribution in [2.75, 3.05) is 9.80 Å². The van der Waals surface area contributed by atoms with Gasteiger partial charge >= 0.3 is 0 Å². The van der Waals surface area contributed by atoms with Crippen LogP contribution in [0.4, 0.5) is 34.1 Å². The zero-order chi connectivity index (χ0) is 68.9. The first-order valence-corrected chi connectivity index (χ1v) is 32.5. The van der Waals surface area contributed by atoms with Crippen LogP contribution in [0.2, 0.25) is 0 Å². The Hall–Kier alpha value is -9.63. The molecule has 0 amide bonds. The van der Waals surface area contributed by atoms with Gasteiger partial charge < -0.3 is 14.4 Å². The van der Waals surface area contributed by atoms with Crippen LogP contribution < -0.4 is 26.2 Å². The molecule has 1 aromatic heterocycles. The van der Waals surface area contributed by atoms with Crippen molar-refractivity contribution in [2.45, 2.75) is 131 Å². The van der Waals surface area contributed by atoms with Crippen LogP contribution in [0.5, 0.6) is 0 Å². The van der Waals surface area contributed by atoms with Gasteiger partial charge in [-0.25, -0.2) is 0 Å². The van der Waals surface area contributed by atoms with E-state index in [4.69, 9.17) is 4.11 Å². The third-order valence-corrected chi connectivity index (χ3v) is 19.3. The summed E-state index contributed by atoms with van der Waals surface area (Å²) in [5, 5.41) is 14.2. The molecule has 5 heteroatoms. The Morgan fingerprint density at radius 3 is 1.33 bits per heavy atom. The summed E-state index contributed by atoms with van der Waals surface area (Å²) >= 11 is 0. The lowest BCUT2D eigenvalue weighted by Gasteiger charge is -2.45. The van der Waals surface area contributed by atoms with E-state index in [1.807, 2.05) is 24.3 Å². The third-order valence-electron chi connectivity index (χ3n) is 19.3.